The lowest BCUT2D eigenvalue weighted by molar-refractivity contribution is 0.0129. The van der Waals surface area contributed by atoms with E-state index in [0.717, 1.165) is 16.6 Å². The van der Waals surface area contributed by atoms with Crippen LogP contribution < -0.4 is 5.73 Å². The van der Waals surface area contributed by atoms with Gasteiger partial charge in [-0.25, -0.2) is 0 Å². The quantitative estimate of drug-likeness (QED) is 0.610. The second-order valence-electron chi connectivity index (χ2n) is 4.46. The molecule has 0 aromatic carbocycles. The molecule has 1 rings (SSSR count). The van der Waals surface area contributed by atoms with E-state index in [-0.39, 0.29) is 12.1 Å². The summed E-state index contributed by atoms with van der Waals surface area (Å²) in [7, 11) is 1.67. The standard InChI is InChI=1S/C14H24BrNO3S/c1-3-11(16)14(12-5-6-13(15)20-12)19-8-4-7-18-10-9-17-2/h5-6,11,14H,3-4,7-10,16H2,1-2H3. The molecule has 2 N–H and O–H groups in total. The van der Waals surface area contributed by atoms with Crippen LogP contribution in [0.25, 0.3) is 0 Å². The van der Waals surface area contributed by atoms with Crippen molar-refractivity contribution in [1.29, 1.82) is 0 Å². The van der Waals surface area contributed by atoms with E-state index in [9.17, 15) is 0 Å². The number of thiophene rings is 1. The molecule has 2 atom stereocenters. The van der Waals surface area contributed by atoms with Gasteiger partial charge in [0.05, 0.1) is 17.0 Å². The Bertz CT molecular complexity index is 362. The second kappa shape index (κ2) is 10.7. The molecule has 0 radical (unpaired) electrons. The fraction of sp³-hybridized carbons (Fsp3) is 0.714. The van der Waals surface area contributed by atoms with Crippen LogP contribution in [-0.4, -0.2) is 39.6 Å². The molecule has 0 amide bonds. The molecule has 0 aliphatic carbocycles. The van der Waals surface area contributed by atoms with E-state index in [1.807, 2.05) is 6.07 Å². The maximum absolute atomic E-state index is 6.16. The fourth-order valence-corrected chi connectivity index (χ4v) is 3.28. The average molecular weight is 366 g/mol. The van der Waals surface area contributed by atoms with Gasteiger partial charge < -0.3 is 19.9 Å². The Kier molecular flexibility index (Phi) is 9.67. The molecule has 0 spiro atoms. The van der Waals surface area contributed by atoms with Crippen molar-refractivity contribution in [2.45, 2.75) is 31.9 Å². The van der Waals surface area contributed by atoms with E-state index < -0.39 is 0 Å². The number of hydrogen-bond acceptors (Lipinski definition) is 5. The van der Waals surface area contributed by atoms with Crippen LogP contribution in [0, 0.1) is 0 Å². The molecule has 0 bridgehead atoms. The first-order valence-electron chi connectivity index (χ1n) is 6.88. The number of ether oxygens (including phenoxy) is 3. The van der Waals surface area contributed by atoms with Gasteiger partial charge in [0.25, 0.3) is 0 Å². The first-order valence-corrected chi connectivity index (χ1v) is 8.49. The van der Waals surface area contributed by atoms with Crippen LogP contribution in [0.4, 0.5) is 0 Å². The summed E-state index contributed by atoms with van der Waals surface area (Å²) in [6.07, 6.45) is 1.73. The summed E-state index contributed by atoms with van der Waals surface area (Å²) in [5.74, 6) is 0. The molecule has 0 saturated carbocycles. The molecule has 0 fully saturated rings. The Hall–Kier alpha value is 0.0200. The third-order valence-corrected chi connectivity index (χ3v) is 4.58. The zero-order valence-electron chi connectivity index (χ0n) is 12.1. The van der Waals surface area contributed by atoms with Gasteiger partial charge in [-0.3, -0.25) is 0 Å². The molecule has 1 heterocycles. The van der Waals surface area contributed by atoms with E-state index in [1.54, 1.807) is 18.4 Å². The highest BCUT2D eigenvalue weighted by Gasteiger charge is 2.20. The van der Waals surface area contributed by atoms with Gasteiger partial charge in [-0.05, 0) is 40.9 Å². The van der Waals surface area contributed by atoms with Crippen molar-refractivity contribution in [3.8, 4) is 0 Å². The monoisotopic (exact) mass is 365 g/mol. The Morgan fingerprint density at radius 2 is 2.05 bits per heavy atom. The summed E-state index contributed by atoms with van der Waals surface area (Å²) in [4.78, 5) is 1.17. The summed E-state index contributed by atoms with van der Waals surface area (Å²) < 4.78 is 17.4. The maximum atomic E-state index is 6.16. The number of hydrogen-bond donors (Lipinski definition) is 1. The highest BCUT2D eigenvalue weighted by molar-refractivity contribution is 9.11. The van der Waals surface area contributed by atoms with Gasteiger partial charge in [0.1, 0.15) is 6.10 Å². The van der Waals surface area contributed by atoms with Gasteiger partial charge in [0.2, 0.25) is 0 Å². The van der Waals surface area contributed by atoms with E-state index in [0.29, 0.717) is 26.4 Å². The molecular formula is C14H24BrNO3S. The lowest BCUT2D eigenvalue weighted by Crippen LogP contribution is -2.29. The summed E-state index contributed by atoms with van der Waals surface area (Å²) in [5, 5.41) is 0. The largest absolute Gasteiger partial charge is 0.382 e. The molecule has 4 nitrogen and oxygen atoms in total. The molecule has 0 aliphatic rings. The van der Waals surface area contributed by atoms with E-state index >= 15 is 0 Å². The van der Waals surface area contributed by atoms with Crippen molar-refractivity contribution < 1.29 is 14.2 Å². The third-order valence-electron chi connectivity index (χ3n) is 2.90. The zero-order valence-corrected chi connectivity index (χ0v) is 14.5. The van der Waals surface area contributed by atoms with Crippen molar-refractivity contribution >= 4 is 27.3 Å². The van der Waals surface area contributed by atoms with E-state index in [4.69, 9.17) is 19.9 Å². The predicted octanol–water partition coefficient (Wildman–Crippen LogP) is 3.36. The van der Waals surface area contributed by atoms with Gasteiger partial charge in [-0.1, -0.05) is 6.92 Å². The Morgan fingerprint density at radius 1 is 1.25 bits per heavy atom. The lowest BCUT2D eigenvalue weighted by Gasteiger charge is -2.22. The van der Waals surface area contributed by atoms with Gasteiger partial charge in [-0.15, -0.1) is 11.3 Å². The van der Waals surface area contributed by atoms with Gasteiger partial charge in [0, 0.05) is 31.2 Å². The van der Waals surface area contributed by atoms with Crippen molar-refractivity contribution in [3.05, 3.63) is 20.8 Å². The Labute approximate surface area is 133 Å². The molecule has 20 heavy (non-hydrogen) atoms. The molecule has 2 unspecified atom stereocenters. The molecular weight excluding hydrogens is 342 g/mol. The van der Waals surface area contributed by atoms with Crippen LogP contribution in [0.1, 0.15) is 30.7 Å². The summed E-state index contributed by atoms with van der Waals surface area (Å²) in [5.41, 5.74) is 6.16. The first-order chi connectivity index (χ1) is 9.69. The van der Waals surface area contributed by atoms with Crippen LogP contribution in [-0.2, 0) is 14.2 Å². The summed E-state index contributed by atoms with van der Waals surface area (Å²) in [6, 6.07) is 4.13. The maximum Gasteiger partial charge on any atom is 0.107 e. The highest BCUT2D eigenvalue weighted by atomic mass is 79.9. The Balaban J connectivity index is 2.31. The normalized spacial score (nSPS) is 14.4. The second-order valence-corrected chi connectivity index (χ2v) is 6.96. The number of methoxy groups -OCH3 is 1. The van der Waals surface area contributed by atoms with Crippen molar-refractivity contribution in [2.24, 2.45) is 5.73 Å². The Morgan fingerprint density at radius 3 is 2.65 bits per heavy atom. The predicted molar refractivity (Wildman–Crippen MR) is 86.3 cm³/mol. The van der Waals surface area contributed by atoms with Gasteiger partial charge >= 0.3 is 0 Å². The first kappa shape index (κ1) is 18.1. The summed E-state index contributed by atoms with van der Waals surface area (Å²) >= 11 is 5.16. The third kappa shape index (κ3) is 6.65. The molecule has 116 valence electrons. The molecule has 1 aromatic heterocycles. The molecule has 6 heteroatoms. The van der Waals surface area contributed by atoms with Crippen molar-refractivity contribution in [3.63, 3.8) is 0 Å². The smallest absolute Gasteiger partial charge is 0.107 e. The number of nitrogens with two attached hydrogens (primary N) is 1. The van der Waals surface area contributed by atoms with Gasteiger partial charge in [-0.2, -0.15) is 0 Å². The minimum absolute atomic E-state index is 0.0231. The van der Waals surface area contributed by atoms with Crippen LogP contribution in [0.3, 0.4) is 0 Å². The van der Waals surface area contributed by atoms with Gasteiger partial charge in [0.15, 0.2) is 0 Å². The van der Waals surface area contributed by atoms with Crippen LogP contribution >= 0.6 is 27.3 Å². The van der Waals surface area contributed by atoms with Crippen molar-refractivity contribution in [1.82, 2.24) is 0 Å². The van der Waals surface area contributed by atoms with Crippen LogP contribution in [0.15, 0.2) is 15.9 Å². The molecule has 0 saturated heterocycles. The molecule has 1 aromatic rings. The fourth-order valence-electron chi connectivity index (χ4n) is 1.73. The van der Waals surface area contributed by atoms with Crippen molar-refractivity contribution in [2.75, 3.05) is 33.5 Å². The zero-order chi connectivity index (χ0) is 14.8. The molecule has 0 aliphatic heterocycles. The topological polar surface area (TPSA) is 53.7 Å². The highest BCUT2D eigenvalue weighted by Crippen LogP contribution is 2.31. The summed E-state index contributed by atoms with van der Waals surface area (Å²) in [6.45, 7) is 4.68. The number of halogens is 1. The van der Waals surface area contributed by atoms with Crippen LogP contribution in [0.5, 0.6) is 0 Å². The van der Waals surface area contributed by atoms with E-state index in [2.05, 4.69) is 28.9 Å². The minimum atomic E-state index is -0.0322. The minimum Gasteiger partial charge on any atom is -0.382 e. The van der Waals surface area contributed by atoms with E-state index in [1.165, 1.54) is 4.88 Å². The number of rotatable bonds is 11. The lowest BCUT2D eigenvalue weighted by atomic mass is 10.1. The average Bonchev–Trinajstić information content (AvgIpc) is 2.87. The van der Waals surface area contributed by atoms with Crippen LogP contribution in [0.2, 0.25) is 0 Å². The SMILES string of the molecule is CCC(N)C(OCCCOCCOC)c1ccc(Br)s1.